The molecule has 1 unspecified atom stereocenters. The zero-order valence-corrected chi connectivity index (χ0v) is 17.1. The molecule has 0 aliphatic heterocycles. The van der Waals surface area contributed by atoms with E-state index >= 15 is 0 Å². The number of rotatable bonds is 8. The molecule has 4 rings (SSSR count). The van der Waals surface area contributed by atoms with E-state index in [1.807, 2.05) is 52.7 Å². The van der Waals surface area contributed by atoms with Gasteiger partial charge in [-0.2, -0.15) is 0 Å². The number of carbonyl (C=O) groups is 1. The maximum atomic E-state index is 12.9. The fourth-order valence-corrected chi connectivity index (χ4v) is 4.51. The molecule has 0 bridgehead atoms. The predicted molar refractivity (Wildman–Crippen MR) is 114 cm³/mol. The Bertz CT molecular complexity index is 956. The van der Waals surface area contributed by atoms with Crippen molar-refractivity contribution in [3.8, 4) is 0 Å². The Morgan fingerprint density at radius 2 is 2.11 bits per heavy atom. The molecule has 0 fully saturated rings. The zero-order valence-electron chi connectivity index (χ0n) is 15.5. The van der Waals surface area contributed by atoms with E-state index in [2.05, 4.69) is 23.0 Å². The van der Waals surface area contributed by atoms with Gasteiger partial charge in [-0.3, -0.25) is 4.79 Å². The van der Waals surface area contributed by atoms with Crippen LogP contribution < -0.4 is 0 Å². The number of imidazole rings is 1. The van der Waals surface area contributed by atoms with Gasteiger partial charge in [0.15, 0.2) is 0 Å². The van der Waals surface area contributed by atoms with Crippen LogP contribution in [0.1, 0.15) is 28.6 Å². The van der Waals surface area contributed by atoms with Crippen molar-refractivity contribution in [2.75, 3.05) is 5.75 Å². The van der Waals surface area contributed by atoms with E-state index < -0.39 is 0 Å². The van der Waals surface area contributed by atoms with Crippen LogP contribution in [0.4, 0.5) is 0 Å². The highest BCUT2D eigenvalue weighted by Gasteiger charge is 2.19. The van der Waals surface area contributed by atoms with Gasteiger partial charge in [-0.05, 0) is 42.6 Å². The summed E-state index contributed by atoms with van der Waals surface area (Å²) in [6, 6.07) is 15.8. The van der Waals surface area contributed by atoms with E-state index in [1.54, 1.807) is 29.4 Å². The summed E-state index contributed by atoms with van der Waals surface area (Å²) >= 11 is 3.25. The third-order valence-electron chi connectivity index (χ3n) is 4.46. The number of benzene rings is 1. The Balaban J connectivity index is 1.41. The molecular weight excluding hydrogens is 390 g/mol. The second-order valence-electron chi connectivity index (χ2n) is 6.50. The number of thiophene rings is 1. The molecule has 1 atom stereocenters. The Morgan fingerprint density at radius 3 is 2.86 bits per heavy atom. The highest BCUT2D eigenvalue weighted by Crippen LogP contribution is 2.28. The number of aromatic amines is 1. The summed E-state index contributed by atoms with van der Waals surface area (Å²) in [5.41, 5.74) is 1.97. The fourth-order valence-electron chi connectivity index (χ4n) is 2.95. The van der Waals surface area contributed by atoms with Crippen molar-refractivity contribution < 1.29 is 9.21 Å². The summed E-state index contributed by atoms with van der Waals surface area (Å²) < 4.78 is 5.45. The topological polar surface area (TPSA) is 62.1 Å². The zero-order chi connectivity index (χ0) is 19.3. The molecule has 3 aromatic heterocycles. The van der Waals surface area contributed by atoms with Crippen LogP contribution in [0, 0.1) is 0 Å². The first-order valence-electron chi connectivity index (χ1n) is 9.08. The van der Waals surface area contributed by atoms with E-state index in [1.165, 1.54) is 0 Å². The van der Waals surface area contributed by atoms with Crippen LogP contribution in [-0.4, -0.2) is 26.5 Å². The lowest BCUT2D eigenvalue weighted by molar-refractivity contribution is -0.129. The Labute approximate surface area is 171 Å². The van der Waals surface area contributed by atoms with Crippen molar-refractivity contribution in [3.05, 3.63) is 76.6 Å². The molecule has 28 heavy (non-hydrogen) atoms. The van der Waals surface area contributed by atoms with Crippen LogP contribution in [0.25, 0.3) is 11.0 Å². The lowest BCUT2D eigenvalue weighted by atomic mass is 10.3. The number of H-pyrrole nitrogens is 1. The van der Waals surface area contributed by atoms with Crippen molar-refractivity contribution in [2.45, 2.75) is 25.3 Å². The SMILES string of the molecule is CC(SCC(=O)N(Cc1ccco1)Cc1cccs1)c1nc2ccccc2[nH]1. The molecule has 1 aromatic carbocycles. The molecule has 0 radical (unpaired) electrons. The average molecular weight is 412 g/mol. The first kappa shape index (κ1) is 18.8. The first-order valence-corrected chi connectivity index (χ1v) is 11.0. The minimum Gasteiger partial charge on any atom is -0.467 e. The third-order valence-corrected chi connectivity index (χ3v) is 6.45. The number of hydrogen-bond acceptors (Lipinski definition) is 5. The van der Waals surface area contributed by atoms with Crippen LogP contribution in [0.15, 0.2) is 64.6 Å². The largest absolute Gasteiger partial charge is 0.467 e. The van der Waals surface area contributed by atoms with E-state index in [-0.39, 0.29) is 11.2 Å². The van der Waals surface area contributed by atoms with Gasteiger partial charge >= 0.3 is 0 Å². The van der Waals surface area contributed by atoms with Gasteiger partial charge in [0, 0.05) is 4.88 Å². The minimum atomic E-state index is 0.0951. The van der Waals surface area contributed by atoms with Gasteiger partial charge in [0.2, 0.25) is 5.91 Å². The van der Waals surface area contributed by atoms with Gasteiger partial charge in [-0.1, -0.05) is 18.2 Å². The summed E-state index contributed by atoms with van der Waals surface area (Å²) in [4.78, 5) is 23.9. The van der Waals surface area contributed by atoms with E-state index in [0.29, 0.717) is 18.8 Å². The molecule has 7 heteroatoms. The molecule has 1 N–H and O–H groups in total. The summed E-state index contributed by atoms with van der Waals surface area (Å²) in [6.45, 7) is 3.14. The van der Waals surface area contributed by atoms with Gasteiger partial charge in [-0.25, -0.2) is 4.98 Å². The van der Waals surface area contributed by atoms with Gasteiger partial charge in [-0.15, -0.1) is 23.1 Å². The van der Waals surface area contributed by atoms with Crippen molar-refractivity contribution in [3.63, 3.8) is 0 Å². The normalized spacial score (nSPS) is 12.3. The lowest BCUT2D eigenvalue weighted by Gasteiger charge is -2.21. The summed E-state index contributed by atoms with van der Waals surface area (Å²) in [5.74, 6) is 2.18. The Kier molecular flexibility index (Phi) is 5.83. The summed E-state index contributed by atoms with van der Waals surface area (Å²) in [6.07, 6.45) is 1.64. The second-order valence-corrected chi connectivity index (χ2v) is 8.86. The number of para-hydroxylation sites is 2. The van der Waals surface area contributed by atoms with Crippen molar-refractivity contribution in [1.29, 1.82) is 0 Å². The molecule has 1 amide bonds. The van der Waals surface area contributed by atoms with Gasteiger partial charge in [0.25, 0.3) is 0 Å². The third kappa shape index (κ3) is 4.48. The maximum absolute atomic E-state index is 12.9. The van der Waals surface area contributed by atoms with Gasteiger partial charge < -0.3 is 14.3 Å². The average Bonchev–Trinajstić information content (AvgIpc) is 3.46. The molecule has 0 aliphatic carbocycles. The fraction of sp³-hybridized carbons (Fsp3) is 0.238. The van der Waals surface area contributed by atoms with E-state index in [0.717, 1.165) is 27.5 Å². The van der Waals surface area contributed by atoms with Crippen molar-refractivity contribution in [1.82, 2.24) is 14.9 Å². The Hall–Kier alpha value is -2.51. The molecule has 3 heterocycles. The smallest absolute Gasteiger partial charge is 0.233 e. The van der Waals surface area contributed by atoms with Gasteiger partial charge in [0.05, 0.1) is 41.4 Å². The number of carbonyl (C=O) groups excluding carboxylic acids is 1. The number of nitrogens with one attached hydrogen (secondary N) is 1. The lowest BCUT2D eigenvalue weighted by Crippen LogP contribution is -2.31. The Morgan fingerprint density at radius 1 is 1.21 bits per heavy atom. The molecular formula is C21H21N3O2S2. The molecule has 5 nitrogen and oxygen atoms in total. The highest BCUT2D eigenvalue weighted by atomic mass is 32.2. The number of amides is 1. The maximum Gasteiger partial charge on any atom is 0.233 e. The van der Waals surface area contributed by atoms with Crippen molar-refractivity contribution in [2.24, 2.45) is 0 Å². The van der Waals surface area contributed by atoms with Crippen LogP contribution in [-0.2, 0) is 17.9 Å². The molecule has 4 aromatic rings. The number of fused-ring (bicyclic) bond motifs is 1. The number of furan rings is 1. The molecule has 144 valence electrons. The van der Waals surface area contributed by atoms with Gasteiger partial charge in [0.1, 0.15) is 11.6 Å². The minimum absolute atomic E-state index is 0.0951. The number of nitrogens with zero attached hydrogens (tertiary/aromatic N) is 2. The molecule has 0 aliphatic rings. The standard InChI is InChI=1S/C21H21N3O2S2/c1-15(21-22-18-8-2-3-9-19(18)23-21)28-14-20(25)24(12-16-6-4-10-26-16)13-17-7-5-11-27-17/h2-11,15H,12-14H2,1H3,(H,22,23). The number of aromatic nitrogens is 2. The van der Waals surface area contributed by atoms with Crippen LogP contribution in [0.5, 0.6) is 0 Å². The summed E-state index contributed by atoms with van der Waals surface area (Å²) in [5, 5.41) is 2.13. The van der Waals surface area contributed by atoms with Crippen LogP contribution >= 0.6 is 23.1 Å². The molecule has 0 saturated carbocycles. The van der Waals surface area contributed by atoms with Crippen LogP contribution in [0.2, 0.25) is 0 Å². The number of hydrogen-bond donors (Lipinski definition) is 1. The van der Waals surface area contributed by atoms with E-state index in [4.69, 9.17) is 4.42 Å². The second kappa shape index (κ2) is 8.67. The predicted octanol–water partition coefficient (Wildman–Crippen LogP) is 5.24. The van der Waals surface area contributed by atoms with Crippen molar-refractivity contribution >= 4 is 40.0 Å². The van der Waals surface area contributed by atoms with E-state index in [9.17, 15) is 4.79 Å². The molecule has 0 saturated heterocycles. The van der Waals surface area contributed by atoms with Crippen LogP contribution in [0.3, 0.4) is 0 Å². The first-order chi connectivity index (χ1) is 13.7. The highest BCUT2D eigenvalue weighted by molar-refractivity contribution is 8.00. The monoisotopic (exact) mass is 411 g/mol. The number of thioether (sulfide) groups is 1. The molecule has 0 spiro atoms. The summed E-state index contributed by atoms with van der Waals surface area (Å²) in [7, 11) is 0. The quantitative estimate of drug-likeness (QED) is 0.431.